The van der Waals surface area contributed by atoms with Gasteiger partial charge in [0.2, 0.25) is 0 Å². The van der Waals surface area contributed by atoms with E-state index in [1.54, 1.807) is 27.9 Å². The van der Waals surface area contributed by atoms with Gasteiger partial charge in [-0.25, -0.2) is 0 Å². The van der Waals surface area contributed by atoms with Gasteiger partial charge in [0.25, 0.3) is 0 Å². The maximum atomic E-state index is 3.89. The van der Waals surface area contributed by atoms with Crippen molar-refractivity contribution in [1.29, 1.82) is 0 Å². The number of hydrogen-bond acceptors (Lipinski definition) is 0. The first-order chi connectivity index (χ1) is 13.0. The molecule has 0 amide bonds. The quantitative estimate of drug-likeness (QED) is 0.314. The highest BCUT2D eigenvalue weighted by atomic mass is 79.9. The second kappa shape index (κ2) is 5.85. The van der Waals surface area contributed by atoms with Crippen LogP contribution in [-0.2, 0) is 0 Å². The van der Waals surface area contributed by atoms with Gasteiger partial charge in [-0.2, -0.15) is 0 Å². The monoisotopic (exact) mass is 498 g/mol. The van der Waals surface area contributed by atoms with E-state index in [9.17, 15) is 0 Å². The maximum absolute atomic E-state index is 3.89. The maximum Gasteiger partial charge on any atom is 0.0371 e. The van der Waals surface area contributed by atoms with Crippen molar-refractivity contribution in [2.45, 2.75) is 65.1 Å². The minimum atomic E-state index is 0.0783. The number of alkyl halides is 1. The molecular formula is C26H28Br2. The zero-order valence-corrected chi connectivity index (χ0v) is 20.8. The molecule has 4 aliphatic rings. The number of hydrogen-bond donors (Lipinski definition) is 0. The molecule has 2 heteroatoms. The van der Waals surface area contributed by atoms with Crippen LogP contribution >= 0.6 is 31.9 Å². The largest absolute Gasteiger partial charge is 0.0842 e. The fraction of sp³-hybridized carbons (Fsp3) is 0.462. The van der Waals surface area contributed by atoms with Crippen LogP contribution in [0.15, 0.2) is 56.1 Å². The van der Waals surface area contributed by atoms with Gasteiger partial charge in [-0.3, -0.25) is 0 Å². The van der Waals surface area contributed by atoms with Gasteiger partial charge < -0.3 is 0 Å². The average molecular weight is 500 g/mol. The summed E-state index contributed by atoms with van der Waals surface area (Å²) in [5.41, 5.74) is 14.2. The summed E-state index contributed by atoms with van der Waals surface area (Å²) in [6.45, 7) is 14.5. The Balaban J connectivity index is 1.76. The molecule has 1 aromatic rings. The lowest BCUT2D eigenvalue weighted by molar-refractivity contribution is 0.307. The van der Waals surface area contributed by atoms with Crippen LogP contribution in [0.1, 0.15) is 70.1 Å². The fourth-order valence-corrected chi connectivity index (χ4v) is 7.81. The van der Waals surface area contributed by atoms with Gasteiger partial charge in [-0.05, 0) is 77.6 Å². The van der Waals surface area contributed by atoms with E-state index in [1.807, 2.05) is 0 Å². The first-order valence-corrected chi connectivity index (χ1v) is 12.1. The highest BCUT2D eigenvalue weighted by molar-refractivity contribution is 9.10. The molecule has 0 spiro atoms. The number of halogens is 2. The van der Waals surface area contributed by atoms with E-state index in [0.717, 1.165) is 12.8 Å². The van der Waals surface area contributed by atoms with Crippen molar-refractivity contribution in [2.24, 2.45) is 10.8 Å². The topological polar surface area (TPSA) is 0 Å². The van der Waals surface area contributed by atoms with Crippen molar-refractivity contribution in [2.75, 3.05) is 0 Å². The molecule has 2 atom stereocenters. The second-order valence-electron chi connectivity index (χ2n) is 10.2. The summed E-state index contributed by atoms with van der Waals surface area (Å²) < 4.78 is 1.21. The van der Waals surface area contributed by atoms with Crippen LogP contribution in [0.25, 0.3) is 6.08 Å². The van der Waals surface area contributed by atoms with Crippen LogP contribution < -0.4 is 0 Å². The number of fused-ring (bicyclic) bond motifs is 4. The third kappa shape index (κ3) is 2.34. The van der Waals surface area contributed by atoms with E-state index in [2.05, 4.69) is 97.7 Å². The van der Waals surface area contributed by atoms with Gasteiger partial charge in [0, 0.05) is 20.6 Å². The highest BCUT2D eigenvalue weighted by Crippen LogP contribution is 2.68. The fourth-order valence-electron chi connectivity index (χ4n) is 6.50. The molecule has 0 bridgehead atoms. The van der Waals surface area contributed by atoms with E-state index >= 15 is 0 Å². The molecule has 0 saturated heterocycles. The van der Waals surface area contributed by atoms with Crippen molar-refractivity contribution in [1.82, 2.24) is 0 Å². The van der Waals surface area contributed by atoms with Gasteiger partial charge >= 0.3 is 0 Å². The van der Waals surface area contributed by atoms with E-state index in [1.165, 1.54) is 26.7 Å². The summed E-state index contributed by atoms with van der Waals surface area (Å²) in [6.07, 6.45) is 7.20. The summed E-state index contributed by atoms with van der Waals surface area (Å²) in [6, 6.07) is 4.64. The molecule has 0 aromatic heterocycles. The van der Waals surface area contributed by atoms with Crippen molar-refractivity contribution in [3.63, 3.8) is 0 Å². The molecule has 1 aromatic carbocycles. The Bertz CT molecular complexity index is 1060. The van der Waals surface area contributed by atoms with Crippen LogP contribution in [-0.4, -0.2) is 4.83 Å². The Hall–Kier alpha value is -0.860. The number of benzene rings is 1. The molecule has 2 unspecified atom stereocenters. The third-order valence-corrected chi connectivity index (χ3v) is 8.82. The molecule has 4 aliphatic carbocycles. The van der Waals surface area contributed by atoms with Gasteiger partial charge in [-0.1, -0.05) is 88.4 Å². The standard InChI is InChI=1S/C26H28Br2/c1-13-7-15(27)9-19-17(13)11-21-23(19)26(5,6)22-12-18-14(2)8-16(28)10-20(18)24(22)25(21,3)4/h7-9,11,16,23H,10,12H2,1-6H3. The molecule has 5 rings (SSSR count). The van der Waals surface area contributed by atoms with Crippen molar-refractivity contribution < 1.29 is 0 Å². The van der Waals surface area contributed by atoms with E-state index in [4.69, 9.17) is 0 Å². The summed E-state index contributed by atoms with van der Waals surface area (Å²) in [4.78, 5) is 0.461. The number of allylic oxidation sites excluding steroid dienone is 7. The summed E-state index contributed by atoms with van der Waals surface area (Å²) in [7, 11) is 0. The second-order valence-corrected chi connectivity index (χ2v) is 12.3. The molecule has 0 aliphatic heterocycles. The molecule has 0 heterocycles. The SMILES string of the molecule is CC1=CC(Br)CC2=C1CC1=C2C(C)(C)C2=Cc3c(C)cc(Br)cc3C2C1(C)C. The van der Waals surface area contributed by atoms with Gasteiger partial charge in [0.05, 0.1) is 0 Å². The average Bonchev–Trinajstić information content (AvgIpc) is 3.14. The molecule has 0 N–H and O–H groups in total. The number of aryl methyl sites for hydroxylation is 1. The first-order valence-electron chi connectivity index (χ1n) is 10.3. The van der Waals surface area contributed by atoms with Crippen molar-refractivity contribution in [3.8, 4) is 0 Å². The summed E-state index contributed by atoms with van der Waals surface area (Å²) >= 11 is 7.65. The molecule has 0 fully saturated rings. The Labute approximate surface area is 186 Å². The molecule has 0 radical (unpaired) electrons. The van der Waals surface area contributed by atoms with Crippen LogP contribution in [0.2, 0.25) is 0 Å². The normalized spacial score (nSPS) is 29.1. The van der Waals surface area contributed by atoms with Crippen molar-refractivity contribution in [3.05, 3.63) is 72.8 Å². The molecule has 146 valence electrons. The van der Waals surface area contributed by atoms with Crippen LogP contribution in [0.4, 0.5) is 0 Å². The molecule has 0 nitrogen and oxygen atoms in total. The Morgan fingerprint density at radius 3 is 2.46 bits per heavy atom. The van der Waals surface area contributed by atoms with Crippen LogP contribution in [0, 0.1) is 17.8 Å². The zero-order chi connectivity index (χ0) is 20.2. The van der Waals surface area contributed by atoms with Gasteiger partial charge in [-0.15, -0.1) is 0 Å². The third-order valence-electron chi connectivity index (χ3n) is 7.78. The van der Waals surface area contributed by atoms with Crippen LogP contribution in [0.3, 0.4) is 0 Å². The Morgan fingerprint density at radius 2 is 1.75 bits per heavy atom. The summed E-state index contributed by atoms with van der Waals surface area (Å²) in [5.74, 6) is 0.470. The van der Waals surface area contributed by atoms with Crippen LogP contribution in [0.5, 0.6) is 0 Å². The predicted molar refractivity (Wildman–Crippen MR) is 127 cm³/mol. The lowest BCUT2D eigenvalue weighted by Gasteiger charge is -2.49. The minimum Gasteiger partial charge on any atom is -0.0842 e. The number of rotatable bonds is 0. The Kier molecular flexibility index (Phi) is 4.00. The van der Waals surface area contributed by atoms with Crippen molar-refractivity contribution >= 4 is 37.9 Å². The zero-order valence-electron chi connectivity index (χ0n) is 17.6. The van der Waals surface area contributed by atoms with E-state index in [0.29, 0.717) is 10.7 Å². The van der Waals surface area contributed by atoms with E-state index in [-0.39, 0.29) is 10.8 Å². The minimum absolute atomic E-state index is 0.0783. The summed E-state index contributed by atoms with van der Waals surface area (Å²) in [5, 5.41) is 0. The predicted octanol–water partition coefficient (Wildman–Crippen LogP) is 8.41. The first kappa shape index (κ1) is 19.1. The highest BCUT2D eigenvalue weighted by Gasteiger charge is 2.54. The molecule has 0 saturated carbocycles. The lowest BCUT2D eigenvalue weighted by atomic mass is 9.54. The smallest absolute Gasteiger partial charge is 0.0371 e. The Morgan fingerprint density at radius 1 is 1.04 bits per heavy atom. The van der Waals surface area contributed by atoms with E-state index < -0.39 is 0 Å². The lowest BCUT2D eigenvalue weighted by Crippen LogP contribution is -2.37. The molecular weight excluding hydrogens is 472 g/mol. The van der Waals surface area contributed by atoms with Gasteiger partial charge in [0.1, 0.15) is 0 Å². The van der Waals surface area contributed by atoms with Gasteiger partial charge in [0.15, 0.2) is 0 Å². The molecule has 28 heavy (non-hydrogen) atoms.